The number of furan rings is 1. The van der Waals surface area contributed by atoms with Gasteiger partial charge in [-0.2, -0.15) is 0 Å². The van der Waals surface area contributed by atoms with E-state index in [1.54, 1.807) is 0 Å². The summed E-state index contributed by atoms with van der Waals surface area (Å²) >= 11 is 0. The van der Waals surface area contributed by atoms with Crippen LogP contribution in [0, 0.1) is 13.8 Å². The lowest BCUT2D eigenvalue weighted by Gasteiger charge is -2.07. The molecule has 0 aliphatic heterocycles. The van der Waals surface area contributed by atoms with Crippen LogP contribution in [0.5, 0.6) is 0 Å². The Bertz CT molecular complexity index is 488. The maximum Gasteiger partial charge on any atom is 0.123 e. The van der Waals surface area contributed by atoms with E-state index in [2.05, 4.69) is 5.32 Å². The smallest absolute Gasteiger partial charge is 0.123 e. The zero-order valence-corrected chi connectivity index (χ0v) is 9.58. The predicted octanol–water partition coefficient (Wildman–Crippen LogP) is 3.09. The topological polar surface area (TPSA) is 51.2 Å². The maximum absolute atomic E-state index is 5.75. The third kappa shape index (κ3) is 2.37. The van der Waals surface area contributed by atoms with E-state index in [0.29, 0.717) is 6.54 Å². The van der Waals surface area contributed by atoms with E-state index in [1.165, 1.54) is 0 Å². The molecule has 1 aromatic carbocycles. The largest absolute Gasteiger partial charge is 0.465 e. The van der Waals surface area contributed by atoms with Crippen molar-refractivity contribution in [1.29, 1.82) is 0 Å². The van der Waals surface area contributed by atoms with Crippen LogP contribution >= 0.6 is 0 Å². The van der Waals surface area contributed by atoms with Gasteiger partial charge in [-0.3, -0.25) is 0 Å². The van der Waals surface area contributed by atoms with Crippen molar-refractivity contribution < 1.29 is 4.42 Å². The predicted molar refractivity (Wildman–Crippen MR) is 66.4 cm³/mol. The summed E-state index contributed by atoms with van der Waals surface area (Å²) in [6, 6.07) is 9.85. The maximum atomic E-state index is 5.75. The van der Waals surface area contributed by atoms with Crippen molar-refractivity contribution in [3.8, 4) is 0 Å². The molecule has 1 heterocycles. The van der Waals surface area contributed by atoms with E-state index >= 15 is 0 Å². The molecular weight excluding hydrogens is 200 g/mol. The molecule has 0 aliphatic rings. The Labute approximate surface area is 95.3 Å². The van der Waals surface area contributed by atoms with Crippen molar-refractivity contribution in [2.75, 3.05) is 11.1 Å². The lowest BCUT2D eigenvalue weighted by atomic mass is 10.2. The summed E-state index contributed by atoms with van der Waals surface area (Å²) in [6.07, 6.45) is 0. The first-order chi connectivity index (χ1) is 7.65. The van der Waals surface area contributed by atoms with Gasteiger partial charge in [0.2, 0.25) is 0 Å². The molecule has 0 aliphatic carbocycles. The molecule has 0 saturated heterocycles. The molecule has 0 radical (unpaired) electrons. The second-order valence-corrected chi connectivity index (χ2v) is 3.94. The van der Waals surface area contributed by atoms with Crippen LogP contribution in [-0.4, -0.2) is 0 Å². The van der Waals surface area contributed by atoms with Crippen LogP contribution in [0.3, 0.4) is 0 Å². The van der Waals surface area contributed by atoms with Crippen LogP contribution in [-0.2, 0) is 6.54 Å². The zero-order chi connectivity index (χ0) is 11.5. The average molecular weight is 216 g/mol. The van der Waals surface area contributed by atoms with Gasteiger partial charge in [-0.25, -0.2) is 0 Å². The van der Waals surface area contributed by atoms with Gasteiger partial charge in [0.1, 0.15) is 11.5 Å². The van der Waals surface area contributed by atoms with Crippen molar-refractivity contribution in [3.63, 3.8) is 0 Å². The Morgan fingerprint density at radius 2 is 2.00 bits per heavy atom. The minimum Gasteiger partial charge on any atom is -0.465 e. The zero-order valence-electron chi connectivity index (χ0n) is 9.58. The monoisotopic (exact) mass is 216 g/mol. The molecule has 0 amide bonds. The molecule has 3 N–H and O–H groups in total. The first kappa shape index (κ1) is 10.6. The molecule has 0 unspecified atom stereocenters. The van der Waals surface area contributed by atoms with E-state index in [1.807, 2.05) is 44.2 Å². The van der Waals surface area contributed by atoms with Crippen LogP contribution in [0.4, 0.5) is 11.4 Å². The fraction of sp³-hybridized carbons (Fsp3) is 0.231. The summed E-state index contributed by atoms with van der Waals surface area (Å²) in [5.74, 6) is 1.87. The van der Waals surface area contributed by atoms with Crippen LogP contribution in [0.25, 0.3) is 0 Å². The summed E-state index contributed by atoms with van der Waals surface area (Å²) in [4.78, 5) is 0. The summed E-state index contributed by atoms with van der Waals surface area (Å²) in [5, 5.41) is 3.29. The van der Waals surface area contributed by atoms with Gasteiger partial charge in [0.25, 0.3) is 0 Å². The number of anilines is 2. The number of nitrogens with two attached hydrogens (primary N) is 1. The highest BCUT2D eigenvalue weighted by atomic mass is 16.3. The number of nitrogens with one attached hydrogen (secondary N) is 1. The number of aryl methyl sites for hydroxylation is 2. The highest BCUT2D eigenvalue weighted by Crippen LogP contribution is 2.17. The number of hydrogen-bond donors (Lipinski definition) is 2. The molecule has 0 saturated carbocycles. The molecule has 0 atom stereocenters. The van der Waals surface area contributed by atoms with Crippen molar-refractivity contribution >= 4 is 11.4 Å². The second kappa shape index (κ2) is 4.31. The van der Waals surface area contributed by atoms with Crippen LogP contribution in [0.2, 0.25) is 0 Å². The van der Waals surface area contributed by atoms with Gasteiger partial charge in [0, 0.05) is 11.4 Å². The van der Waals surface area contributed by atoms with Crippen molar-refractivity contribution in [2.45, 2.75) is 20.4 Å². The van der Waals surface area contributed by atoms with Gasteiger partial charge in [0.15, 0.2) is 0 Å². The fourth-order valence-electron chi connectivity index (χ4n) is 1.55. The Morgan fingerprint density at radius 3 is 2.62 bits per heavy atom. The van der Waals surface area contributed by atoms with E-state index in [4.69, 9.17) is 10.2 Å². The molecular formula is C13H16N2O. The Hall–Kier alpha value is -1.90. The Kier molecular flexibility index (Phi) is 2.86. The normalized spacial score (nSPS) is 10.4. The highest BCUT2D eigenvalue weighted by Gasteiger charge is 1.99. The van der Waals surface area contributed by atoms with E-state index in [0.717, 1.165) is 28.5 Å². The number of rotatable bonds is 3. The number of benzene rings is 1. The summed E-state index contributed by atoms with van der Waals surface area (Å²) in [7, 11) is 0. The molecule has 16 heavy (non-hydrogen) atoms. The van der Waals surface area contributed by atoms with Crippen molar-refractivity contribution in [2.24, 2.45) is 0 Å². The summed E-state index contributed by atoms with van der Waals surface area (Å²) in [6.45, 7) is 4.63. The lowest BCUT2D eigenvalue weighted by molar-refractivity contribution is 0.490. The average Bonchev–Trinajstić information content (AvgIpc) is 2.66. The quantitative estimate of drug-likeness (QED) is 0.775. The number of hydrogen-bond acceptors (Lipinski definition) is 3. The SMILES string of the molecule is Cc1ccc(CNc2ccc(N)c(C)c2)o1. The van der Waals surface area contributed by atoms with Gasteiger partial charge < -0.3 is 15.5 Å². The first-order valence-electron chi connectivity index (χ1n) is 5.30. The second-order valence-electron chi connectivity index (χ2n) is 3.94. The van der Waals surface area contributed by atoms with Crippen LogP contribution in [0.15, 0.2) is 34.7 Å². The van der Waals surface area contributed by atoms with Crippen LogP contribution < -0.4 is 11.1 Å². The third-order valence-electron chi connectivity index (χ3n) is 2.53. The third-order valence-corrected chi connectivity index (χ3v) is 2.53. The lowest BCUT2D eigenvalue weighted by Crippen LogP contribution is -1.99. The Morgan fingerprint density at radius 1 is 1.19 bits per heavy atom. The van der Waals surface area contributed by atoms with E-state index in [-0.39, 0.29) is 0 Å². The van der Waals surface area contributed by atoms with Crippen LogP contribution in [0.1, 0.15) is 17.1 Å². The van der Waals surface area contributed by atoms with Gasteiger partial charge in [-0.15, -0.1) is 0 Å². The Balaban J connectivity index is 2.02. The van der Waals surface area contributed by atoms with Gasteiger partial charge >= 0.3 is 0 Å². The molecule has 0 bridgehead atoms. The molecule has 0 spiro atoms. The molecule has 2 aromatic rings. The molecule has 84 valence electrons. The van der Waals surface area contributed by atoms with Crippen molar-refractivity contribution in [1.82, 2.24) is 0 Å². The minimum absolute atomic E-state index is 0.692. The molecule has 2 rings (SSSR count). The fourth-order valence-corrected chi connectivity index (χ4v) is 1.55. The molecule has 0 fully saturated rings. The van der Waals surface area contributed by atoms with Gasteiger partial charge in [0.05, 0.1) is 6.54 Å². The highest BCUT2D eigenvalue weighted by molar-refractivity contribution is 5.56. The van der Waals surface area contributed by atoms with E-state index < -0.39 is 0 Å². The standard InChI is InChI=1S/C13H16N2O/c1-9-7-11(4-6-13(9)14)15-8-12-5-3-10(2)16-12/h3-7,15H,8,14H2,1-2H3. The molecule has 3 heteroatoms. The van der Waals surface area contributed by atoms with Gasteiger partial charge in [-0.1, -0.05) is 0 Å². The first-order valence-corrected chi connectivity index (χ1v) is 5.30. The minimum atomic E-state index is 0.692. The summed E-state index contributed by atoms with van der Waals surface area (Å²) < 4.78 is 5.47. The van der Waals surface area contributed by atoms with Crippen molar-refractivity contribution in [3.05, 3.63) is 47.4 Å². The van der Waals surface area contributed by atoms with E-state index in [9.17, 15) is 0 Å². The van der Waals surface area contributed by atoms with Gasteiger partial charge in [-0.05, 0) is 49.7 Å². The number of nitrogen functional groups attached to an aromatic ring is 1. The summed E-state index contributed by atoms with van der Waals surface area (Å²) in [5.41, 5.74) is 8.71. The molecule has 1 aromatic heterocycles. The molecule has 3 nitrogen and oxygen atoms in total.